The second-order valence-electron chi connectivity index (χ2n) is 6.19. The summed E-state index contributed by atoms with van der Waals surface area (Å²) in [6.45, 7) is 5.68. The normalized spacial score (nSPS) is 11.0. The summed E-state index contributed by atoms with van der Waals surface area (Å²) in [5, 5.41) is 8.87. The Morgan fingerprint density at radius 1 is 0.960 bits per heavy atom. The molecular formula is C21H32O4. The van der Waals surface area contributed by atoms with Crippen molar-refractivity contribution in [3.63, 3.8) is 0 Å². The number of hydrogen-bond donors (Lipinski definition) is 1. The van der Waals surface area contributed by atoms with Crippen molar-refractivity contribution < 1.29 is 19.4 Å². The fourth-order valence-corrected chi connectivity index (χ4v) is 2.47. The van der Waals surface area contributed by atoms with Gasteiger partial charge in [-0.3, -0.25) is 0 Å². The quantitative estimate of drug-likeness (QED) is 0.346. The maximum absolute atomic E-state index is 10.8. The van der Waals surface area contributed by atoms with E-state index in [0.717, 1.165) is 36.7 Å². The highest BCUT2D eigenvalue weighted by molar-refractivity contribution is 5.86. The zero-order chi connectivity index (χ0) is 18.3. The van der Waals surface area contributed by atoms with E-state index >= 15 is 0 Å². The summed E-state index contributed by atoms with van der Waals surface area (Å²) in [5.41, 5.74) is 0.740. The van der Waals surface area contributed by atoms with Crippen LogP contribution in [-0.2, 0) is 4.79 Å². The van der Waals surface area contributed by atoms with E-state index in [-0.39, 0.29) is 0 Å². The molecule has 1 aromatic rings. The number of ether oxygens (including phenoxy) is 2. The number of aliphatic carboxylic acids is 1. The minimum Gasteiger partial charge on any atom is -0.494 e. The van der Waals surface area contributed by atoms with Crippen molar-refractivity contribution in [1.82, 2.24) is 0 Å². The van der Waals surface area contributed by atoms with E-state index < -0.39 is 5.97 Å². The molecule has 140 valence electrons. The van der Waals surface area contributed by atoms with Gasteiger partial charge in [0.25, 0.3) is 0 Å². The molecule has 0 spiro atoms. The first kappa shape index (κ1) is 21.1. The molecule has 0 aliphatic rings. The molecule has 0 aliphatic heterocycles. The van der Waals surface area contributed by atoms with Crippen LogP contribution in [0.1, 0.15) is 70.8 Å². The molecule has 0 aromatic heterocycles. The Hall–Kier alpha value is -1.97. The van der Waals surface area contributed by atoms with Crippen molar-refractivity contribution in [1.29, 1.82) is 0 Å². The molecular weight excluding hydrogens is 316 g/mol. The molecule has 0 saturated heterocycles. The van der Waals surface area contributed by atoms with Gasteiger partial charge in [-0.2, -0.15) is 0 Å². The highest BCUT2D eigenvalue weighted by atomic mass is 16.5. The predicted octanol–water partition coefficient (Wildman–Crippen LogP) is 5.70. The third kappa shape index (κ3) is 9.80. The van der Waals surface area contributed by atoms with Crippen LogP contribution in [0, 0.1) is 0 Å². The van der Waals surface area contributed by atoms with E-state index in [4.69, 9.17) is 14.6 Å². The minimum absolute atomic E-state index is 0.644. The summed E-state index contributed by atoms with van der Waals surface area (Å²) in [6.07, 6.45) is 11.9. The third-order valence-corrected chi connectivity index (χ3v) is 3.91. The van der Waals surface area contributed by atoms with Crippen molar-refractivity contribution in [3.8, 4) is 11.5 Å². The van der Waals surface area contributed by atoms with Gasteiger partial charge in [-0.15, -0.1) is 0 Å². The lowest BCUT2D eigenvalue weighted by Gasteiger charge is -2.12. The number of benzene rings is 1. The molecule has 0 unspecified atom stereocenters. The monoisotopic (exact) mass is 348 g/mol. The Labute approximate surface area is 151 Å². The first-order valence-corrected chi connectivity index (χ1v) is 9.48. The molecule has 0 amide bonds. The Bertz CT molecular complexity index is 523. The first-order valence-electron chi connectivity index (χ1n) is 9.48. The largest absolute Gasteiger partial charge is 0.494 e. The van der Waals surface area contributed by atoms with Gasteiger partial charge in [0.05, 0.1) is 13.2 Å². The van der Waals surface area contributed by atoms with Gasteiger partial charge >= 0.3 is 5.97 Å². The van der Waals surface area contributed by atoms with Crippen molar-refractivity contribution in [2.75, 3.05) is 13.2 Å². The van der Waals surface area contributed by atoms with Crippen LogP contribution in [0.25, 0.3) is 6.08 Å². The summed E-state index contributed by atoms with van der Waals surface area (Å²) < 4.78 is 11.6. The number of carbonyl (C=O) groups is 1. The zero-order valence-electron chi connectivity index (χ0n) is 15.6. The highest BCUT2D eigenvalue weighted by Crippen LogP contribution is 2.26. The van der Waals surface area contributed by atoms with E-state index in [1.807, 2.05) is 18.2 Å². The maximum Gasteiger partial charge on any atom is 0.328 e. The topological polar surface area (TPSA) is 55.8 Å². The van der Waals surface area contributed by atoms with Crippen LogP contribution >= 0.6 is 0 Å². The summed E-state index contributed by atoms with van der Waals surface area (Å²) in [5.74, 6) is 0.479. The predicted molar refractivity (Wildman–Crippen MR) is 102 cm³/mol. The lowest BCUT2D eigenvalue weighted by molar-refractivity contribution is -0.131. The van der Waals surface area contributed by atoms with E-state index in [0.29, 0.717) is 19.0 Å². The average Bonchev–Trinajstić information content (AvgIpc) is 2.60. The van der Waals surface area contributed by atoms with Crippen LogP contribution in [-0.4, -0.2) is 24.3 Å². The summed E-state index contributed by atoms with van der Waals surface area (Å²) in [7, 11) is 0. The Morgan fingerprint density at radius 3 is 2.20 bits per heavy atom. The molecule has 0 aliphatic carbocycles. The van der Waals surface area contributed by atoms with Gasteiger partial charge in [0.15, 0.2) is 0 Å². The van der Waals surface area contributed by atoms with Crippen LogP contribution in [0.3, 0.4) is 0 Å². The van der Waals surface area contributed by atoms with E-state index in [1.54, 1.807) is 6.08 Å². The Balaban J connectivity index is 2.63. The Morgan fingerprint density at radius 2 is 1.60 bits per heavy atom. The SMILES string of the molecule is CCCCCCOc1ccc(OCCCCCC)c(C=CC(=O)O)c1. The number of hydrogen-bond acceptors (Lipinski definition) is 3. The molecule has 1 N–H and O–H groups in total. The molecule has 0 radical (unpaired) electrons. The van der Waals surface area contributed by atoms with Crippen molar-refractivity contribution >= 4 is 12.0 Å². The number of carboxylic acids is 1. The molecule has 4 nitrogen and oxygen atoms in total. The van der Waals surface area contributed by atoms with Gasteiger partial charge in [-0.25, -0.2) is 4.79 Å². The summed E-state index contributed by atoms with van der Waals surface area (Å²) in [6, 6.07) is 5.60. The van der Waals surface area contributed by atoms with Crippen molar-refractivity contribution in [2.45, 2.75) is 65.2 Å². The molecule has 4 heteroatoms. The van der Waals surface area contributed by atoms with Crippen LogP contribution in [0.15, 0.2) is 24.3 Å². The molecule has 0 saturated carbocycles. The molecule has 0 atom stereocenters. The molecule has 0 fully saturated rings. The lowest BCUT2D eigenvalue weighted by atomic mass is 10.1. The van der Waals surface area contributed by atoms with E-state index in [2.05, 4.69) is 13.8 Å². The average molecular weight is 348 g/mol. The van der Waals surface area contributed by atoms with E-state index in [1.165, 1.54) is 32.1 Å². The van der Waals surface area contributed by atoms with Crippen LogP contribution in [0.2, 0.25) is 0 Å². The molecule has 0 bridgehead atoms. The number of unbranched alkanes of at least 4 members (excludes halogenated alkanes) is 6. The fraction of sp³-hybridized carbons (Fsp3) is 0.571. The van der Waals surface area contributed by atoms with Crippen LogP contribution < -0.4 is 9.47 Å². The van der Waals surface area contributed by atoms with Gasteiger partial charge in [-0.05, 0) is 37.1 Å². The minimum atomic E-state index is -0.972. The third-order valence-electron chi connectivity index (χ3n) is 3.91. The standard InChI is InChI=1S/C21H32O4/c1-3-5-7-9-15-24-19-12-13-20(25-16-10-8-6-4-2)18(17-19)11-14-21(22)23/h11-14,17H,3-10,15-16H2,1-2H3,(H,22,23). The van der Waals surface area contributed by atoms with Gasteiger partial charge in [0.1, 0.15) is 11.5 Å². The second kappa shape index (κ2) is 13.3. The van der Waals surface area contributed by atoms with Crippen LogP contribution in [0.5, 0.6) is 11.5 Å². The van der Waals surface area contributed by atoms with Crippen LogP contribution in [0.4, 0.5) is 0 Å². The van der Waals surface area contributed by atoms with Gasteiger partial charge < -0.3 is 14.6 Å². The smallest absolute Gasteiger partial charge is 0.328 e. The van der Waals surface area contributed by atoms with E-state index in [9.17, 15) is 4.79 Å². The Kier molecular flexibility index (Phi) is 11.2. The summed E-state index contributed by atoms with van der Waals surface area (Å²) >= 11 is 0. The lowest BCUT2D eigenvalue weighted by Crippen LogP contribution is -2.01. The second-order valence-corrected chi connectivity index (χ2v) is 6.19. The zero-order valence-corrected chi connectivity index (χ0v) is 15.6. The number of carboxylic acid groups (broad SMARTS) is 1. The molecule has 0 heterocycles. The molecule has 25 heavy (non-hydrogen) atoms. The van der Waals surface area contributed by atoms with Gasteiger partial charge in [0.2, 0.25) is 0 Å². The summed E-state index contributed by atoms with van der Waals surface area (Å²) in [4.78, 5) is 10.8. The van der Waals surface area contributed by atoms with Gasteiger partial charge in [-0.1, -0.05) is 52.4 Å². The van der Waals surface area contributed by atoms with Gasteiger partial charge in [0, 0.05) is 11.6 Å². The highest BCUT2D eigenvalue weighted by Gasteiger charge is 2.05. The van der Waals surface area contributed by atoms with Crippen molar-refractivity contribution in [3.05, 3.63) is 29.8 Å². The van der Waals surface area contributed by atoms with Crippen molar-refractivity contribution in [2.24, 2.45) is 0 Å². The fourth-order valence-electron chi connectivity index (χ4n) is 2.47. The first-order chi connectivity index (χ1) is 12.2. The molecule has 1 aromatic carbocycles. The molecule has 1 rings (SSSR count). The maximum atomic E-state index is 10.8. The number of rotatable bonds is 14.